The largest absolute Gasteiger partial charge is 0.478 e. The normalized spacial score (nSPS) is 10.2. The molecule has 2 rings (SSSR count). The molecule has 0 fully saturated rings. The van der Waals surface area contributed by atoms with E-state index in [-0.39, 0.29) is 0 Å². The molecule has 3 nitrogen and oxygen atoms in total. The first kappa shape index (κ1) is 13.6. The molecule has 0 saturated carbocycles. The van der Waals surface area contributed by atoms with E-state index in [0.29, 0.717) is 17.8 Å². The highest BCUT2D eigenvalue weighted by atomic mass is 79.9. The highest BCUT2D eigenvalue weighted by Gasteiger charge is 2.11. The maximum Gasteiger partial charge on any atom is 0.337 e. The van der Waals surface area contributed by atoms with Gasteiger partial charge in [0.25, 0.3) is 0 Å². The van der Waals surface area contributed by atoms with Gasteiger partial charge in [-0.2, -0.15) is 0 Å². The summed E-state index contributed by atoms with van der Waals surface area (Å²) in [6.45, 7) is 2.49. The van der Waals surface area contributed by atoms with Crippen LogP contribution in [-0.2, 0) is 6.54 Å². The fraction of sp³-hybridized carbons (Fsp3) is 0.133. The molecule has 0 aliphatic carbocycles. The van der Waals surface area contributed by atoms with Crippen molar-refractivity contribution in [1.29, 1.82) is 0 Å². The molecule has 0 unspecified atom stereocenters. The lowest BCUT2D eigenvalue weighted by Gasteiger charge is -2.12. The van der Waals surface area contributed by atoms with Gasteiger partial charge in [-0.05, 0) is 36.2 Å². The van der Waals surface area contributed by atoms with Crippen LogP contribution in [0.15, 0.2) is 46.9 Å². The number of carboxylic acids is 1. The van der Waals surface area contributed by atoms with Gasteiger partial charge in [-0.1, -0.05) is 40.2 Å². The number of halogens is 1. The smallest absolute Gasteiger partial charge is 0.337 e. The fourth-order valence-electron chi connectivity index (χ4n) is 1.87. The lowest BCUT2D eigenvalue weighted by atomic mass is 10.1. The first-order chi connectivity index (χ1) is 9.08. The van der Waals surface area contributed by atoms with Crippen LogP contribution in [0.4, 0.5) is 5.69 Å². The van der Waals surface area contributed by atoms with Crippen LogP contribution in [0.1, 0.15) is 21.5 Å². The number of hydrogen-bond donors (Lipinski definition) is 2. The number of hydrogen-bond acceptors (Lipinski definition) is 2. The number of rotatable bonds is 4. The van der Waals surface area contributed by atoms with Gasteiger partial charge in [-0.15, -0.1) is 0 Å². The Morgan fingerprint density at radius 3 is 2.53 bits per heavy atom. The second-order valence-corrected chi connectivity index (χ2v) is 5.20. The minimum absolute atomic E-state index is 0.303. The number of anilines is 1. The molecule has 0 bridgehead atoms. The summed E-state index contributed by atoms with van der Waals surface area (Å²) in [5.74, 6) is -0.915. The molecule has 19 heavy (non-hydrogen) atoms. The van der Waals surface area contributed by atoms with Crippen molar-refractivity contribution in [2.24, 2.45) is 0 Å². The van der Waals surface area contributed by atoms with Gasteiger partial charge in [0.05, 0.1) is 11.3 Å². The van der Waals surface area contributed by atoms with Gasteiger partial charge in [0, 0.05) is 11.0 Å². The second-order valence-electron chi connectivity index (χ2n) is 4.28. The van der Waals surface area contributed by atoms with E-state index in [1.807, 2.05) is 37.3 Å². The van der Waals surface area contributed by atoms with Crippen molar-refractivity contribution >= 4 is 27.6 Å². The SMILES string of the molecule is Cc1cccc(C(=O)O)c1NCc1ccc(Br)cc1. The molecule has 0 heterocycles. The molecule has 2 aromatic carbocycles. The molecule has 0 radical (unpaired) electrons. The summed E-state index contributed by atoms with van der Waals surface area (Å²) in [7, 11) is 0. The summed E-state index contributed by atoms with van der Waals surface area (Å²) in [4.78, 5) is 11.2. The number of carbonyl (C=O) groups is 1. The first-order valence-corrected chi connectivity index (χ1v) is 6.68. The summed E-state index contributed by atoms with van der Waals surface area (Å²) in [5.41, 5.74) is 3.01. The van der Waals surface area contributed by atoms with E-state index in [4.69, 9.17) is 0 Å². The molecular formula is C15H14BrNO2. The van der Waals surface area contributed by atoms with Gasteiger partial charge in [-0.25, -0.2) is 4.79 Å². The first-order valence-electron chi connectivity index (χ1n) is 5.89. The number of aryl methyl sites for hydroxylation is 1. The van der Waals surface area contributed by atoms with Crippen molar-refractivity contribution in [3.63, 3.8) is 0 Å². The molecule has 4 heteroatoms. The fourth-order valence-corrected chi connectivity index (χ4v) is 2.14. The molecular weight excluding hydrogens is 306 g/mol. The molecule has 0 spiro atoms. The maximum atomic E-state index is 11.2. The summed E-state index contributed by atoms with van der Waals surface area (Å²) in [6.07, 6.45) is 0. The van der Waals surface area contributed by atoms with E-state index in [0.717, 1.165) is 15.6 Å². The van der Waals surface area contributed by atoms with Gasteiger partial charge in [0.15, 0.2) is 0 Å². The molecule has 0 aliphatic rings. The molecule has 0 saturated heterocycles. The van der Waals surface area contributed by atoms with Crippen LogP contribution in [-0.4, -0.2) is 11.1 Å². The van der Waals surface area contributed by atoms with E-state index in [1.54, 1.807) is 12.1 Å². The van der Waals surface area contributed by atoms with Crippen molar-refractivity contribution in [3.8, 4) is 0 Å². The highest BCUT2D eigenvalue weighted by Crippen LogP contribution is 2.21. The zero-order valence-corrected chi connectivity index (χ0v) is 12.1. The molecule has 2 N–H and O–H groups in total. The average Bonchev–Trinajstić information content (AvgIpc) is 2.39. The zero-order chi connectivity index (χ0) is 13.8. The van der Waals surface area contributed by atoms with Gasteiger partial charge in [-0.3, -0.25) is 0 Å². The summed E-state index contributed by atoms with van der Waals surface area (Å²) >= 11 is 3.39. The van der Waals surface area contributed by atoms with E-state index >= 15 is 0 Å². The Kier molecular flexibility index (Phi) is 4.22. The second kappa shape index (κ2) is 5.89. The van der Waals surface area contributed by atoms with E-state index in [1.165, 1.54) is 0 Å². The predicted octanol–water partition coefficient (Wildman–Crippen LogP) is 4.07. The minimum atomic E-state index is -0.915. The number of aromatic carboxylic acids is 1. The molecule has 2 aromatic rings. The van der Waals surface area contributed by atoms with Crippen molar-refractivity contribution in [2.75, 3.05) is 5.32 Å². The zero-order valence-electron chi connectivity index (χ0n) is 10.5. The third kappa shape index (κ3) is 3.35. The number of para-hydroxylation sites is 1. The number of carboxylic acid groups (broad SMARTS) is 1. The van der Waals surface area contributed by atoms with Gasteiger partial charge in [0.1, 0.15) is 0 Å². The molecule has 0 amide bonds. The Hall–Kier alpha value is -1.81. The third-order valence-corrected chi connectivity index (χ3v) is 3.41. The van der Waals surface area contributed by atoms with E-state index in [9.17, 15) is 9.90 Å². The average molecular weight is 320 g/mol. The van der Waals surface area contributed by atoms with Gasteiger partial charge < -0.3 is 10.4 Å². The molecule has 0 aliphatic heterocycles. The summed E-state index contributed by atoms with van der Waals surface area (Å²) < 4.78 is 1.03. The lowest BCUT2D eigenvalue weighted by Crippen LogP contribution is -2.07. The molecule has 0 aromatic heterocycles. The van der Waals surface area contributed by atoms with Gasteiger partial charge in [0.2, 0.25) is 0 Å². The van der Waals surface area contributed by atoms with Crippen LogP contribution in [0.2, 0.25) is 0 Å². The third-order valence-electron chi connectivity index (χ3n) is 2.89. The Balaban J connectivity index is 2.19. The Morgan fingerprint density at radius 1 is 1.21 bits per heavy atom. The van der Waals surface area contributed by atoms with Crippen LogP contribution < -0.4 is 5.32 Å². The van der Waals surface area contributed by atoms with Crippen LogP contribution in [0, 0.1) is 6.92 Å². The van der Waals surface area contributed by atoms with Gasteiger partial charge >= 0.3 is 5.97 Å². The standard InChI is InChI=1S/C15H14BrNO2/c1-10-3-2-4-13(15(18)19)14(10)17-9-11-5-7-12(16)8-6-11/h2-8,17H,9H2,1H3,(H,18,19). The summed E-state index contributed by atoms with van der Waals surface area (Å²) in [6, 6.07) is 13.2. The van der Waals surface area contributed by atoms with Crippen LogP contribution in [0.5, 0.6) is 0 Å². The number of benzene rings is 2. The molecule has 0 atom stereocenters. The highest BCUT2D eigenvalue weighted by molar-refractivity contribution is 9.10. The van der Waals surface area contributed by atoms with Crippen molar-refractivity contribution in [2.45, 2.75) is 13.5 Å². The lowest BCUT2D eigenvalue weighted by molar-refractivity contribution is 0.0698. The Morgan fingerprint density at radius 2 is 1.89 bits per heavy atom. The molecule has 98 valence electrons. The monoisotopic (exact) mass is 319 g/mol. The van der Waals surface area contributed by atoms with Crippen LogP contribution >= 0.6 is 15.9 Å². The van der Waals surface area contributed by atoms with Crippen molar-refractivity contribution in [3.05, 3.63) is 63.6 Å². The van der Waals surface area contributed by atoms with Crippen molar-refractivity contribution < 1.29 is 9.90 Å². The Labute approximate surface area is 120 Å². The summed E-state index contributed by atoms with van der Waals surface area (Å²) in [5, 5.41) is 12.4. The quantitative estimate of drug-likeness (QED) is 0.893. The minimum Gasteiger partial charge on any atom is -0.478 e. The predicted molar refractivity (Wildman–Crippen MR) is 79.6 cm³/mol. The van der Waals surface area contributed by atoms with Crippen molar-refractivity contribution in [1.82, 2.24) is 0 Å². The van der Waals surface area contributed by atoms with E-state index < -0.39 is 5.97 Å². The van der Waals surface area contributed by atoms with Crippen LogP contribution in [0.25, 0.3) is 0 Å². The van der Waals surface area contributed by atoms with E-state index in [2.05, 4.69) is 21.2 Å². The van der Waals surface area contributed by atoms with Crippen LogP contribution in [0.3, 0.4) is 0 Å². The Bertz CT molecular complexity index is 594. The number of nitrogens with one attached hydrogen (secondary N) is 1. The topological polar surface area (TPSA) is 49.3 Å². The maximum absolute atomic E-state index is 11.2.